The van der Waals surface area contributed by atoms with Crippen LogP contribution in [-0.4, -0.2) is 4.98 Å². The summed E-state index contributed by atoms with van der Waals surface area (Å²) in [6, 6.07) is 3.99. The molecular formula is C8H9IN2. The molecule has 1 aromatic heterocycles. The summed E-state index contributed by atoms with van der Waals surface area (Å²) in [4.78, 5) is 4.28. The zero-order valence-electron chi connectivity index (χ0n) is 6.05. The molecule has 0 bridgehead atoms. The first kappa shape index (κ1) is 7.49. The van der Waals surface area contributed by atoms with Gasteiger partial charge in [0.1, 0.15) is 0 Å². The fourth-order valence-electron chi connectivity index (χ4n) is 1.12. The van der Waals surface area contributed by atoms with Crippen molar-refractivity contribution < 1.29 is 0 Å². The Labute approximate surface area is 79.3 Å². The van der Waals surface area contributed by atoms with E-state index in [-0.39, 0.29) is 5.54 Å². The Balaban J connectivity index is 2.45. The van der Waals surface area contributed by atoms with Crippen molar-refractivity contribution in [2.45, 2.75) is 18.4 Å². The van der Waals surface area contributed by atoms with E-state index in [1.54, 1.807) is 0 Å². The van der Waals surface area contributed by atoms with Crippen molar-refractivity contribution in [3.63, 3.8) is 0 Å². The number of hydrogen-bond acceptors (Lipinski definition) is 2. The van der Waals surface area contributed by atoms with Crippen LogP contribution in [0.15, 0.2) is 18.3 Å². The maximum absolute atomic E-state index is 6.00. The van der Waals surface area contributed by atoms with Crippen LogP contribution in [0.3, 0.4) is 0 Å². The molecule has 1 aliphatic rings. The Morgan fingerprint density at radius 3 is 2.82 bits per heavy atom. The van der Waals surface area contributed by atoms with Crippen molar-refractivity contribution in [2.75, 3.05) is 0 Å². The molecule has 2 rings (SSSR count). The van der Waals surface area contributed by atoms with Crippen LogP contribution in [-0.2, 0) is 5.54 Å². The van der Waals surface area contributed by atoms with Gasteiger partial charge in [0.15, 0.2) is 0 Å². The molecule has 0 saturated heterocycles. The van der Waals surface area contributed by atoms with Crippen LogP contribution in [0.2, 0.25) is 0 Å². The van der Waals surface area contributed by atoms with E-state index >= 15 is 0 Å². The second-order valence-corrected chi connectivity index (χ2v) is 4.15. The number of pyridine rings is 1. The van der Waals surface area contributed by atoms with E-state index in [0.29, 0.717) is 0 Å². The Hall–Kier alpha value is -0.160. The first-order valence-corrected chi connectivity index (χ1v) is 4.70. The van der Waals surface area contributed by atoms with Crippen molar-refractivity contribution in [1.29, 1.82) is 0 Å². The molecule has 0 amide bonds. The van der Waals surface area contributed by atoms with Gasteiger partial charge < -0.3 is 5.73 Å². The van der Waals surface area contributed by atoms with Crippen LogP contribution in [0.5, 0.6) is 0 Å². The van der Waals surface area contributed by atoms with E-state index in [9.17, 15) is 0 Å². The van der Waals surface area contributed by atoms with Gasteiger partial charge in [0.25, 0.3) is 0 Å². The van der Waals surface area contributed by atoms with Crippen molar-refractivity contribution >= 4 is 22.6 Å². The van der Waals surface area contributed by atoms with E-state index < -0.39 is 0 Å². The standard InChI is InChI=1S/C8H9IN2/c9-6-2-1-5-11-7(6)8(10)3-4-8/h1-2,5H,3-4,10H2. The summed E-state index contributed by atoms with van der Waals surface area (Å²) in [6.07, 6.45) is 3.98. The van der Waals surface area contributed by atoms with Gasteiger partial charge in [-0.15, -0.1) is 0 Å². The summed E-state index contributed by atoms with van der Waals surface area (Å²) in [7, 11) is 0. The molecule has 1 heterocycles. The van der Waals surface area contributed by atoms with Gasteiger partial charge in [0.05, 0.1) is 11.2 Å². The third-order valence-electron chi connectivity index (χ3n) is 2.02. The molecule has 0 spiro atoms. The highest BCUT2D eigenvalue weighted by atomic mass is 127. The SMILES string of the molecule is NC1(c2ncccc2I)CC1. The van der Waals surface area contributed by atoms with Gasteiger partial charge in [-0.3, -0.25) is 4.98 Å². The van der Waals surface area contributed by atoms with Gasteiger partial charge in [0.2, 0.25) is 0 Å². The summed E-state index contributed by atoms with van der Waals surface area (Å²) in [5.74, 6) is 0. The maximum Gasteiger partial charge on any atom is 0.0735 e. The second-order valence-electron chi connectivity index (χ2n) is 2.99. The van der Waals surface area contributed by atoms with E-state index in [4.69, 9.17) is 5.73 Å². The number of hydrogen-bond donors (Lipinski definition) is 1. The zero-order valence-corrected chi connectivity index (χ0v) is 8.21. The number of nitrogens with zero attached hydrogens (tertiary/aromatic N) is 1. The number of aromatic nitrogens is 1. The predicted octanol–water partition coefficient (Wildman–Crippen LogP) is 1.63. The fourth-order valence-corrected chi connectivity index (χ4v) is 2.01. The van der Waals surface area contributed by atoms with Gasteiger partial charge >= 0.3 is 0 Å². The summed E-state index contributed by atoms with van der Waals surface area (Å²) < 4.78 is 1.19. The Morgan fingerprint density at radius 2 is 2.27 bits per heavy atom. The van der Waals surface area contributed by atoms with Crippen LogP contribution in [0.25, 0.3) is 0 Å². The lowest BCUT2D eigenvalue weighted by molar-refractivity contribution is 0.702. The van der Waals surface area contributed by atoms with Gasteiger partial charge in [-0.1, -0.05) is 0 Å². The molecule has 1 fully saturated rings. The van der Waals surface area contributed by atoms with E-state index in [0.717, 1.165) is 18.5 Å². The Kier molecular flexibility index (Phi) is 1.64. The molecule has 0 unspecified atom stereocenters. The van der Waals surface area contributed by atoms with E-state index in [1.807, 2.05) is 12.3 Å². The smallest absolute Gasteiger partial charge is 0.0735 e. The lowest BCUT2D eigenvalue weighted by atomic mass is 10.2. The molecular weight excluding hydrogens is 251 g/mol. The van der Waals surface area contributed by atoms with Crippen molar-refractivity contribution in [2.24, 2.45) is 5.73 Å². The minimum Gasteiger partial charge on any atom is -0.320 e. The second kappa shape index (κ2) is 2.42. The third-order valence-corrected chi connectivity index (χ3v) is 2.89. The first-order valence-electron chi connectivity index (χ1n) is 3.62. The molecule has 0 atom stereocenters. The zero-order chi connectivity index (χ0) is 7.90. The topological polar surface area (TPSA) is 38.9 Å². The van der Waals surface area contributed by atoms with Crippen LogP contribution in [0, 0.1) is 3.57 Å². The van der Waals surface area contributed by atoms with Gasteiger partial charge in [-0.05, 0) is 47.6 Å². The highest BCUT2D eigenvalue weighted by molar-refractivity contribution is 14.1. The maximum atomic E-state index is 6.00. The van der Waals surface area contributed by atoms with Crippen LogP contribution in [0.4, 0.5) is 0 Å². The summed E-state index contributed by atoms with van der Waals surface area (Å²) in [5, 5.41) is 0. The van der Waals surface area contributed by atoms with Crippen molar-refractivity contribution in [3.8, 4) is 0 Å². The number of halogens is 1. The van der Waals surface area contributed by atoms with Crippen molar-refractivity contribution in [3.05, 3.63) is 27.6 Å². The molecule has 0 aromatic carbocycles. The Bertz CT molecular complexity index is 281. The third kappa shape index (κ3) is 1.27. The Morgan fingerprint density at radius 1 is 1.55 bits per heavy atom. The minimum absolute atomic E-state index is 0.0855. The van der Waals surface area contributed by atoms with Crippen LogP contribution >= 0.6 is 22.6 Å². The molecule has 0 radical (unpaired) electrons. The van der Waals surface area contributed by atoms with E-state index in [1.165, 1.54) is 3.57 Å². The monoisotopic (exact) mass is 260 g/mol. The van der Waals surface area contributed by atoms with Gasteiger partial charge in [0, 0.05) is 9.77 Å². The lowest BCUT2D eigenvalue weighted by Gasteiger charge is -2.08. The molecule has 2 N–H and O–H groups in total. The quantitative estimate of drug-likeness (QED) is 0.779. The average molecular weight is 260 g/mol. The molecule has 58 valence electrons. The molecule has 1 aromatic rings. The molecule has 2 nitrogen and oxygen atoms in total. The predicted molar refractivity (Wildman–Crippen MR) is 52.1 cm³/mol. The van der Waals surface area contributed by atoms with Crippen LogP contribution in [0.1, 0.15) is 18.5 Å². The molecule has 1 aliphatic carbocycles. The highest BCUT2D eigenvalue weighted by Crippen LogP contribution is 2.42. The average Bonchev–Trinajstić information content (AvgIpc) is 2.70. The first-order chi connectivity index (χ1) is 5.22. The number of nitrogens with two attached hydrogens (primary N) is 1. The molecule has 0 aliphatic heterocycles. The normalized spacial score (nSPS) is 19.8. The van der Waals surface area contributed by atoms with Gasteiger partial charge in [-0.2, -0.15) is 0 Å². The largest absolute Gasteiger partial charge is 0.320 e. The highest BCUT2D eigenvalue weighted by Gasteiger charge is 2.42. The lowest BCUT2D eigenvalue weighted by Crippen LogP contribution is -2.21. The molecule has 11 heavy (non-hydrogen) atoms. The fraction of sp³-hybridized carbons (Fsp3) is 0.375. The summed E-state index contributed by atoms with van der Waals surface area (Å²) in [5.41, 5.74) is 6.99. The number of rotatable bonds is 1. The van der Waals surface area contributed by atoms with E-state index in [2.05, 4.69) is 33.6 Å². The molecule has 1 saturated carbocycles. The van der Waals surface area contributed by atoms with Crippen LogP contribution < -0.4 is 5.73 Å². The summed E-state index contributed by atoms with van der Waals surface area (Å²) >= 11 is 2.28. The van der Waals surface area contributed by atoms with Crippen molar-refractivity contribution in [1.82, 2.24) is 4.98 Å². The summed E-state index contributed by atoms with van der Waals surface area (Å²) in [6.45, 7) is 0. The molecule has 3 heteroatoms. The minimum atomic E-state index is -0.0855. The van der Waals surface area contributed by atoms with Gasteiger partial charge in [-0.25, -0.2) is 0 Å².